The Balaban J connectivity index is 1.96. The van der Waals surface area contributed by atoms with Gasteiger partial charge in [0.25, 0.3) is 0 Å². The van der Waals surface area contributed by atoms with Crippen LogP contribution in [0.25, 0.3) is 0 Å². The molecule has 1 aliphatic heterocycles. The Bertz CT molecular complexity index is 510. The van der Waals surface area contributed by atoms with Gasteiger partial charge in [-0.1, -0.05) is 35.9 Å². The van der Waals surface area contributed by atoms with Crippen LogP contribution in [0, 0.1) is 0 Å². The van der Waals surface area contributed by atoms with Crippen molar-refractivity contribution in [3.05, 3.63) is 59.4 Å². The SMILES string of the molecule is COC=CC1=C(C)C(COCc2ccccc2)NC(CO)C1. The lowest BCUT2D eigenvalue weighted by molar-refractivity contribution is 0.0964. The molecule has 0 aromatic heterocycles. The standard InChI is InChI=1S/C18H25NO3/c1-14-16(8-9-21-2)10-17(11-20)19-18(14)13-22-12-15-6-4-3-5-7-15/h3-9,17-20H,10-13H2,1-2H3. The van der Waals surface area contributed by atoms with Gasteiger partial charge in [0.2, 0.25) is 0 Å². The number of benzene rings is 1. The molecule has 4 nitrogen and oxygen atoms in total. The summed E-state index contributed by atoms with van der Waals surface area (Å²) in [5.41, 5.74) is 3.61. The Hall–Kier alpha value is -1.62. The highest BCUT2D eigenvalue weighted by Crippen LogP contribution is 2.22. The molecule has 1 aliphatic rings. The highest BCUT2D eigenvalue weighted by atomic mass is 16.5. The van der Waals surface area contributed by atoms with Crippen LogP contribution >= 0.6 is 0 Å². The van der Waals surface area contributed by atoms with Gasteiger partial charge < -0.3 is 19.9 Å². The van der Waals surface area contributed by atoms with Crippen molar-refractivity contribution in [2.24, 2.45) is 0 Å². The summed E-state index contributed by atoms with van der Waals surface area (Å²) >= 11 is 0. The molecule has 2 rings (SSSR count). The molecule has 22 heavy (non-hydrogen) atoms. The Morgan fingerprint density at radius 3 is 2.77 bits per heavy atom. The molecule has 2 atom stereocenters. The number of aliphatic hydroxyl groups excluding tert-OH is 1. The average Bonchev–Trinajstić information content (AvgIpc) is 2.56. The Kier molecular flexibility index (Phi) is 6.65. The third-order valence-electron chi connectivity index (χ3n) is 3.95. The summed E-state index contributed by atoms with van der Waals surface area (Å²) in [7, 11) is 1.64. The fourth-order valence-electron chi connectivity index (χ4n) is 2.63. The van der Waals surface area contributed by atoms with Gasteiger partial charge in [0.15, 0.2) is 0 Å². The van der Waals surface area contributed by atoms with E-state index < -0.39 is 0 Å². The molecule has 0 amide bonds. The Morgan fingerprint density at radius 2 is 2.09 bits per heavy atom. The van der Waals surface area contributed by atoms with Gasteiger partial charge >= 0.3 is 0 Å². The molecular weight excluding hydrogens is 278 g/mol. The highest BCUT2D eigenvalue weighted by molar-refractivity contribution is 5.31. The van der Waals surface area contributed by atoms with Crippen molar-refractivity contribution in [2.45, 2.75) is 32.0 Å². The second-order valence-corrected chi connectivity index (χ2v) is 5.55. The molecule has 0 saturated heterocycles. The molecule has 1 aromatic rings. The van der Waals surface area contributed by atoms with E-state index in [1.54, 1.807) is 13.4 Å². The largest absolute Gasteiger partial charge is 0.504 e. The lowest BCUT2D eigenvalue weighted by Gasteiger charge is -2.32. The highest BCUT2D eigenvalue weighted by Gasteiger charge is 2.24. The number of hydrogen-bond acceptors (Lipinski definition) is 4. The molecule has 1 heterocycles. The van der Waals surface area contributed by atoms with Gasteiger partial charge in [-0.15, -0.1) is 0 Å². The van der Waals surface area contributed by atoms with E-state index >= 15 is 0 Å². The van der Waals surface area contributed by atoms with E-state index in [-0.39, 0.29) is 18.7 Å². The van der Waals surface area contributed by atoms with E-state index in [1.807, 2.05) is 24.3 Å². The average molecular weight is 303 g/mol. The number of nitrogens with one attached hydrogen (secondary N) is 1. The minimum absolute atomic E-state index is 0.0607. The van der Waals surface area contributed by atoms with Crippen molar-refractivity contribution in [1.82, 2.24) is 5.32 Å². The minimum Gasteiger partial charge on any atom is -0.504 e. The summed E-state index contributed by atoms with van der Waals surface area (Å²) < 4.78 is 10.8. The number of aliphatic hydroxyl groups is 1. The summed E-state index contributed by atoms with van der Waals surface area (Å²) in [4.78, 5) is 0. The normalized spacial score (nSPS) is 22.3. The van der Waals surface area contributed by atoms with E-state index in [4.69, 9.17) is 9.47 Å². The zero-order chi connectivity index (χ0) is 15.8. The number of ether oxygens (including phenoxy) is 2. The van der Waals surface area contributed by atoms with Crippen LogP contribution in [0.4, 0.5) is 0 Å². The topological polar surface area (TPSA) is 50.7 Å². The second-order valence-electron chi connectivity index (χ2n) is 5.55. The summed E-state index contributed by atoms with van der Waals surface area (Å²) in [6.45, 7) is 3.40. The minimum atomic E-state index is 0.0607. The van der Waals surface area contributed by atoms with Crippen molar-refractivity contribution in [3.8, 4) is 0 Å². The molecule has 0 saturated carbocycles. The van der Waals surface area contributed by atoms with E-state index in [0.717, 1.165) is 12.0 Å². The third kappa shape index (κ3) is 4.70. The van der Waals surface area contributed by atoms with Crippen molar-refractivity contribution in [1.29, 1.82) is 0 Å². The zero-order valence-electron chi connectivity index (χ0n) is 13.3. The van der Waals surface area contributed by atoms with Crippen LogP contribution in [0.3, 0.4) is 0 Å². The van der Waals surface area contributed by atoms with Gasteiger partial charge in [0, 0.05) is 6.04 Å². The molecule has 2 unspecified atom stereocenters. The summed E-state index contributed by atoms with van der Waals surface area (Å²) in [5.74, 6) is 0. The predicted octanol–water partition coefficient (Wildman–Crippen LogP) is 2.40. The van der Waals surface area contributed by atoms with E-state index in [0.29, 0.717) is 13.2 Å². The first-order valence-corrected chi connectivity index (χ1v) is 7.62. The lowest BCUT2D eigenvalue weighted by atomic mass is 9.91. The van der Waals surface area contributed by atoms with Gasteiger partial charge in [-0.2, -0.15) is 0 Å². The van der Waals surface area contributed by atoms with Gasteiger partial charge in [-0.25, -0.2) is 0 Å². The molecule has 0 fully saturated rings. The first-order valence-electron chi connectivity index (χ1n) is 7.62. The molecule has 1 aromatic carbocycles. The number of hydrogen-bond donors (Lipinski definition) is 2. The fraction of sp³-hybridized carbons (Fsp3) is 0.444. The first-order chi connectivity index (χ1) is 10.7. The maximum Gasteiger partial charge on any atom is 0.0827 e. The number of allylic oxidation sites excluding steroid dienone is 1. The maximum absolute atomic E-state index is 9.46. The molecule has 120 valence electrons. The lowest BCUT2D eigenvalue weighted by Crippen LogP contribution is -2.47. The van der Waals surface area contributed by atoms with E-state index in [9.17, 15) is 5.11 Å². The number of rotatable bonds is 7. The van der Waals surface area contributed by atoms with Crippen molar-refractivity contribution < 1.29 is 14.6 Å². The van der Waals surface area contributed by atoms with Crippen LogP contribution in [-0.4, -0.2) is 37.5 Å². The summed E-state index contributed by atoms with van der Waals surface area (Å²) in [6.07, 6.45) is 4.46. The zero-order valence-corrected chi connectivity index (χ0v) is 13.3. The van der Waals surface area contributed by atoms with Crippen LogP contribution in [0.2, 0.25) is 0 Å². The Labute approximate surface area is 132 Å². The van der Waals surface area contributed by atoms with E-state index in [2.05, 4.69) is 24.4 Å². The third-order valence-corrected chi connectivity index (χ3v) is 3.95. The Morgan fingerprint density at radius 1 is 1.32 bits per heavy atom. The van der Waals surface area contributed by atoms with E-state index in [1.165, 1.54) is 11.1 Å². The maximum atomic E-state index is 9.46. The van der Waals surface area contributed by atoms with Gasteiger partial charge in [-0.05, 0) is 30.6 Å². The van der Waals surface area contributed by atoms with Crippen molar-refractivity contribution in [3.63, 3.8) is 0 Å². The van der Waals surface area contributed by atoms with Gasteiger partial charge in [0.1, 0.15) is 0 Å². The van der Waals surface area contributed by atoms with Gasteiger partial charge in [-0.3, -0.25) is 0 Å². The monoisotopic (exact) mass is 303 g/mol. The molecule has 0 spiro atoms. The van der Waals surface area contributed by atoms with Crippen LogP contribution in [-0.2, 0) is 16.1 Å². The molecule has 0 aliphatic carbocycles. The van der Waals surface area contributed by atoms with Crippen LogP contribution in [0.15, 0.2) is 53.8 Å². The summed E-state index contributed by atoms with van der Waals surface area (Å²) in [6, 6.07) is 10.3. The molecule has 2 N–H and O–H groups in total. The van der Waals surface area contributed by atoms with Crippen LogP contribution in [0.5, 0.6) is 0 Å². The van der Waals surface area contributed by atoms with Crippen molar-refractivity contribution in [2.75, 3.05) is 20.3 Å². The second kappa shape index (κ2) is 8.73. The first kappa shape index (κ1) is 16.7. The summed E-state index contributed by atoms with van der Waals surface area (Å²) in [5, 5.41) is 12.9. The van der Waals surface area contributed by atoms with Crippen LogP contribution in [0.1, 0.15) is 18.9 Å². The fourth-order valence-corrected chi connectivity index (χ4v) is 2.63. The molecule has 4 heteroatoms. The molecule has 0 radical (unpaired) electrons. The number of methoxy groups -OCH3 is 1. The predicted molar refractivity (Wildman–Crippen MR) is 87.4 cm³/mol. The quantitative estimate of drug-likeness (QED) is 0.760. The molecular formula is C18H25NO3. The smallest absolute Gasteiger partial charge is 0.0827 e. The van der Waals surface area contributed by atoms with Gasteiger partial charge in [0.05, 0.1) is 39.2 Å². The van der Waals surface area contributed by atoms with Crippen molar-refractivity contribution >= 4 is 0 Å². The molecule has 0 bridgehead atoms. The van der Waals surface area contributed by atoms with Crippen LogP contribution < -0.4 is 5.32 Å².